The number of rotatable bonds is 7. The predicted molar refractivity (Wildman–Crippen MR) is 140 cm³/mol. The van der Waals surface area contributed by atoms with Crippen molar-refractivity contribution in [2.45, 2.75) is 6.61 Å². The van der Waals surface area contributed by atoms with Gasteiger partial charge in [0.25, 0.3) is 0 Å². The van der Waals surface area contributed by atoms with Crippen molar-refractivity contribution in [1.29, 1.82) is 0 Å². The van der Waals surface area contributed by atoms with Crippen LogP contribution in [0.25, 0.3) is 6.08 Å². The molecular weight excluding hydrogens is 592 g/mol. The Morgan fingerprint density at radius 1 is 1.00 bits per heavy atom. The van der Waals surface area contributed by atoms with Crippen LogP contribution < -0.4 is 14.2 Å². The minimum absolute atomic E-state index is 0.124. The molecule has 9 heteroatoms. The van der Waals surface area contributed by atoms with E-state index in [4.69, 9.17) is 42.1 Å². The van der Waals surface area contributed by atoms with Gasteiger partial charge < -0.3 is 18.9 Å². The highest BCUT2D eigenvalue weighted by molar-refractivity contribution is 14.1. The lowest BCUT2D eigenvalue weighted by Gasteiger charge is -2.16. The predicted octanol–water partition coefficient (Wildman–Crippen LogP) is 6.54. The van der Waals surface area contributed by atoms with Crippen LogP contribution in [-0.4, -0.2) is 26.1 Å². The summed E-state index contributed by atoms with van der Waals surface area (Å²) < 4.78 is 23.3. The molecule has 0 fully saturated rings. The summed E-state index contributed by atoms with van der Waals surface area (Å²) in [5.41, 5.74) is 2.11. The number of carbonyl (C=O) groups is 1. The second-order valence-electron chi connectivity index (χ2n) is 7.09. The molecular formula is C25H18Cl2INO5. The van der Waals surface area contributed by atoms with E-state index >= 15 is 0 Å². The van der Waals surface area contributed by atoms with Crippen LogP contribution in [-0.2, 0) is 16.1 Å². The average molecular weight is 610 g/mol. The zero-order valence-corrected chi connectivity index (χ0v) is 21.8. The van der Waals surface area contributed by atoms with E-state index in [-0.39, 0.29) is 18.2 Å². The van der Waals surface area contributed by atoms with Crippen molar-refractivity contribution in [3.8, 4) is 17.2 Å². The van der Waals surface area contributed by atoms with Crippen LogP contribution in [0.2, 0.25) is 10.0 Å². The lowest BCUT2D eigenvalue weighted by atomic mass is 10.1. The molecule has 0 atom stereocenters. The van der Waals surface area contributed by atoms with Crippen LogP contribution >= 0.6 is 45.8 Å². The van der Waals surface area contributed by atoms with Gasteiger partial charge in [-0.2, -0.15) is 0 Å². The maximum absolute atomic E-state index is 12.5. The summed E-state index contributed by atoms with van der Waals surface area (Å²) in [6.07, 6.45) is 1.58. The van der Waals surface area contributed by atoms with E-state index in [1.165, 1.54) is 14.2 Å². The van der Waals surface area contributed by atoms with Crippen LogP contribution in [0.1, 0.15) is 16.7 Å². The third kappa shape index (κ3) is 5.32. The van der Waals surface area contributed by atoms with E-state index in [0.717, 1.165) is 9.13 Å². The zero-order chi connectivity index (χ0) is 24.2. The van der Waals surface area contributed by atoms with Gasteiger partial charge in [0.15, 0.2) is 17.2 Å². The number of aliphatic imine (C=N–C) groups is 1. The zero-order valence-electron chi connectivity index (χ0n) is 18.1. The van der Waals surface area contributed by atoms with E-state index < -0.39 is 5.97 Å². The number of esters is 1. The van der Waals surface area contributed by atoms with Gasteiger partial charge in [-0.15, -0.1) is 0 Å². The summed E-state index contributed by atoms with van der Waals surface area (Å²) >= 11 is 14.6. The molecule has 174 valence electrons. The smallest absolute Gasteiger partial charge is 0.363 e. The number of nitrogens with zero attached hydrogens (tertiary/aromatic N) is 1. The summed E-state index contributed by atoms with van der Waals surface area (Å²) in [5.74, 6) is 0.833. The van der Waals surface area contributed by atoms with Crippen molar-refractivity contribution in [3.63, 3.8) is 0 Å². The number of benzene rings is 3. The average Bonchev–Trinajstić information content (AvgIpc) is 3.19. The van der Waals surface area contributed by atoms with E-state index in [1.807, 2.05) is 24.3 Å². The summed E-state index contributed by atoms with van der Waals surface area (Å²) in [5, 5.41) is 1.04. The minimum Gasteiger partial charge on any atom is -0.493 e. The quantitative estimate of drug-likeness (QED) is 0.173. The first-order valence-corrected chi connectivity index (χ1v) is 11.8. The van der Waals surface area contributed by atoms with E-state index in [1.54, 1.807) is 36.4 Å². The van der Waals surface area contributed by atoms with Gasteiger partial charge in [-0.25, -0.2) is 9.79 Å². The molecule has 0 aromatic heterocycles. The van der Waals surface area contributed by atoms with Crippen molar-refractivity contribution in [1.82, 2.24) is 0 Å². The number of halogens is 3. The Bertz CT molecular complexity index is 1300. The topological polar surface area (TPSA) is 66.4 Å². The van der Waals surface area contributed by atoms with Gasteiger partial charge in [-0.05, 0) is 70.6 Å². The first kappa shape index (κ1) is 24.4. The maximum Gasteiger partial charge on any atom is 0.363 e. The van der Waals surface area contributed by atoms with Crippen LogP contribution in [0.4, 0.5) is 0 Å². The van der Waals surface area contributed by atoms with Crippen molar-refractivity contribution in [2.75, 3.05) is 14.2 Å². The highest BCUT2D eigenvalue weighted by atomic mass is 127. The molecule has 0 amide bonds. The SMILES string of the molecule is COc1cc(/C=C2\N=C(c3cc(I)ccc3Cl)OC2=O)cc(OC)c1OCc1ccccc1Cl. The van der Waals surface area contributed by atoms with Gasteiger partial charge in [-0.3, -0.25) is 0 Å². The second-order valence-corrected chi connectivity index (χ2v) is 9.15. The van der Waals surface area contributed by atoms with Crippen molar-refractivity contribution >= 4 is 63.7 Å². The summed E-state index contributed by atoms with van der Waals surface area (Å²) in [7, 11) is 3.04. The minimum atomic E-state index is -0.582. The standard InChI is InChI=1S/C25H18Cl2INO5/c1-31-21-10-14(11-22(32-2)23(21)33-13-15-5-3-4-6-18(15)26)9-20-25(30)34-24(29-20)17-12-16(28)7-8-19(17)27/h3-12H,13H2,1-2H3/b20-9-. The summed E-state index contributed by atoms with van der Waals surface area (Å²) in [6.45, 7) is 0.226. The van der Waals surface area contributed by atoms with Crippen LogP contribution in [0.15, 0.2) is 65.3 Å². The number of carbonyl (C=O) groups excluding carboxylic acids is 1. The molecule has 0 N–H and O–H groups in total. The largest absolute Gasteiger partial charge is 0.493 e. The third-order valence-corrected chi connectivity index (χ3v) is 6.26. The molecule has 0 aliphatic carbocycles. The molecule has 3 aromatic rings. The van der Waals surface area contributed by atoms with Crippen molar-refractivity contribution < 1.29 is 23.7 Å². The molecule has 0 unspecified atom stereocenters. The molecule has 0 radical (unpaired) electrons. The van der Waals surface area contributed by atoms with Gasteiger partial charge in [-0.1, -0.05) is 41.4 Å². The number of hydrogen-bond acceptors (Lipinski definition) is 6. The fraction of sp³-hybridized carbons (Fsp3) is 0.120. The van der Waals surface area contributed by atoms with Gasteiger partial charge in [0.2, 0.25) is 11.6 Å². The normalized spacial score (nSPS) is 14.1. The maximum atomic E-state index is 12.5. The van der Waals surface area contributed by atoms with Crippen LogP contribution in [0.3, 0.4) is 0 Å². The summed E-state index contributed by atoms with van der Waals surface area (Å²) in [4.78, 5) is 16.8. The molecule has 1 heterocycles. The monoisotopic (exact) mass is 609 g/mol. The van der Waals surface area contributed by atoms with E-state index in [9.17, 15) is 4.79 Å². The lowest BCUT2D eigenvalue weighted by molar-refractivity contribution is -0.129. The Morgan fingerprint density at radius 2 is 1.71 bits per heavy atom. The molecule has 6 nitrogen and oxygen atoms in total. The third-order valence-electron chi connectivity index (χ3n) is 4.90. The fourth-order valence-corrected chi connectivity index (χ4v) is 4.11. The number of methoxy groups -OCH3 is 2. The Morgan fingerprint density at radius 3 is 2.38 bits per heavy atom. The van der Waals surface area contributed by atoms with E-state index in [0.29, 0.717) is 38.4 Å². The second kappa shape index (κ2) is 10.7. The Kier molecular flexibility index (Phi) is 7.65. The van der Waals surface area contributed by atoms with Crippen LogP contribution in [0, 0.1) is 3.57 Å². The molecule has 3 aromatic carbocycles. The molecule has 0 saturated carbocycles. The van der Waals surface area contributed by atoms with Gasteiger partial charge in [0.05, 0.1) is 24.8 Å². The van der Waals surface area contributed by atoms with Crippen molar-refractivity contribution in [3.05, 3.63) is 90.6 Å². The van der Waals surface area contributed by atoms with Gasteiger partial charge >= 0.3 is 5.97 Å². The number of ether oxygens (including phenoxy) is 4. The lowest BCUT2D eigenvalue weighted by Crippen LogP contribution is -2.06. The number of cyclic esters (lactones) is 1. The summed E-state index contributed by atoms with van der Waals surface area (Å²) in [6, 6.07) is 16.2. The van der Waals surface area contributed by atoms with Gasteiger partial charge in [0, 0.05) is 14.2 Å². The Hall–Kier alpha value is -2.75. The van der Waals surface area contributed by atoms with E-state index in [2.05, 4.69) is 27.6 Å². The molecule has 1 aliphatic rings. The van der Waals surface area contributed by atoms with Gasteiger partial charge in [0.1, 0.15) is 6.61 Å². The molecule has 0 spiro atoms. The Balaban J connectivity index is 1.65. The fourth-order valence-electron chi connectivity index (χ4n) is 3.23. The molecule has 1 aliphatic heterocycles. The molecule has 0 saturated heterocycles. The number of hydrogen-bond donors (Lipinski definition) is 0. The first-order valence-electron chi connectivity index (χ1n) is 10.00. The molecule has 0 bridgehead atoms. The van der Waals surface area contributed by atoms with Crippen LogP contribution in [0.5, 0.6) is 17.2 Å². The highest BCUT2D eigenvalue weighted by Crippen LogP contribution is 2.40. The van der Waals surface area contributed by atoms with Crippen molar-refractivity contribution in [2.24, 2.45) is 4.99 Å². The molecule has 34 heavy (non-hydrogen) atoms. The Labute approximate surface area is 220 Å². The first-order chi connectivity index (χ1) is 16.4. The molecule has 4 rings (SSSR count). The highest BCUT2D eigenvalue weighted by Gasteiger charge is 2.26.